The molecule has 0 fully saturated rings. The van der Waals surface area contributed by atoms with Crippen molar-refractivity contribution in [2.75, 3.05) is 13.6 Å². The number of rotatable bonds is 4. The molecule has 1 atom stereocenters. The molecule has 0 aromatic carbocycles. The van der Waals surface area contributed by atoms with Gasteiger partial charge in [0.25, 0.3) is 0 Å². The molecule has 1 unspecified atom stereocenters. The Bertz CT molecular complexity index is 321. The van der Waals surface area contributed by atoms with Crippen LogP contribution in [-0.4, -0.2) is 13.6 Å². The van der Waals surface area contributed by atoms with Gasteiger partial charge < -0.3 is 11.1 Å². The van der Waals surface area contributed by atoms with E-state index in [2.05, 4.69) is 37.0 Å². The van der Waals surface area contributed by atoms with Gasteiger partial charge in [0, 0.05) is 5.70 Å². The van der Waals surface area contributed by atoms with Crippen LogP contribution >= 0.6 is 0 Å². The molecule has 0 aliphatic heterocycles. The molecule has 0 aromatic heterocycles. The van der Waals surface area contributed by atoms with E-state index in [9.17, 15) is 0 Å². The van der Waals surface area contributed by atoms with E-state index in [1.807, 2.05) is 13.1 Å². The highest BCUT2D eigenvalue weighted by Crippen LogP contribution is 2.20. The number of hydrogen-bond donors (Lipinski definition) is 2. The average Bonchev–Trinajstić information content (AvgIpc) is 2.38. The Labute approximate surface area is 92.2 Å². The summed E-state index contributed by atoms with van der Waals surface area (Å²) in [5.41, 5.74) is 8.96. The van der Waals surface area contributed by atoms with Crippen LogP contribution in [0.5, 0.6) is 0 Å². The van der Waals surface area contributed by atoms with Gasteiger partial charge in [-0.25, -0.2) is 0 Å². The standard InChI is InChI=1S/C13H20N2/c1-10-4-6-12(13(14)7-5-10)11(2)8-9-15-3/h4-7,10,15H,2,8-9,14H2,1,3H3. The predicted octanol–water partition coefficient (Wildman–Crippen LogP) is 2.13. The van der Waals surface area contributed by atoms with Crippen molar-refractivity contribution in [1.29, 1.82) is 0 Å². The zero-order chi connectivity index (χ0) is 11.3. The van der Waals surface area contributed by atoms with Gasteiger partial charge in [-0.2, -0.15) is 0 Å². The van der Waals surface area contributed by atoms with Crippen molar-refractivity contribution in [2.24, 2.45) is 11.7 Å². The first kappa shape index (κ1) is 11.8. The molecule has 0 aromatic rings. The predicted molar refractivity (Wildman–Crippen MR) is 66.3 cm³/mol. The van der Waals surface area contributed by atoms with Gasteiger partial charge in [-0.3, -0.25) is 0 Å². The van der Waals surface area contributed by atoms with Gasteiger partial charge in [0.05, 0.1) is 0 Å². The molecule has 1 rings (SSSR count). The molecule has 0 saturated carbocycles. The second-order valence-corrected chi connectivity index (χ2v) is 3.90. The van der Waals surface area contributed by atoms with Crippen LogP contribution in [0.2, 0.25) is 0 Å². The number of hydrogen-bond acceptors (Lipinski definition) is 2. The van der Waals surface area contributed by atoms with Crippen molar-refractivity contribution in [3.8, 4) is 0 Å². The van der Waals surface area contributed by atoms with Gasteiger partial charge in [0.15, 0.2) is 0 Å². The molecule has 1 aliphatic carbocycles. The van der Waals surface area contributed by atoms with Crippen molar-refractivity contribution >= 4 is 0 Å². The summed E-state index contributed by atoms with van der Waals surface area (Å²) in [6.45, 7) is 7.14. The molecule has 0 radical (unpaired) electrons. The Hall–Kier alpha value is -1.28. The quantitative estimate of drug-likeness (QED) is 0.736. The minimum Gasteiger partial charge on any atom is -0.398 e. The molecule has 2 nitrogen and oxygen atoms in total. The van der Waals surface area contributed by atoms with E-state index in [0.717, 1.165) is 29.8 Å². The Morgan fingerprint density at radius 1 is 1.47 bits per heavy atom. The molecule has 1 aliphatic rings. The lowest BCUT2D eigenvalue weighted by Crippen LogP contribution is -2.09. The first-order valence-corrected chi connectivity index (χ1v) is 5.34. The Morgan fingerprint density at radius 3 is 2.80 bits per heavy atom. The van der Waals surface area contributed by atoms with Gasteiger partial charge >= 0.3 is 0 Å². The van der Waals surface area contributed by atoms with Crippen LogP contribution in [0.3, 0.4) is 0 Å². The molecule has 3 N–H and O–H groups in total. The highest BCUT2D eigenvalue weighted by atomic mass is 14.8. The lowest BCUT2D eigenvalue weighted by Gasteiger charge is -2.08. The maximum atomic E-state index is 5.97. The second kappa shape index (κ2) is 5.56. The maximum Gasteiger partial charge on any atom is 0.0387 e. The van der Waals surface area contributed by atoms with Crippen molar-refractivity contribution < 1.29 is 0 Å². The van der Waals surface area contributed by atoms with Crippen LogP contribution in [0.25, 0.3) is 0 Å². The highest BCUT2D eigenvalue weighted by molar-refractivity contribution is 5.46. The van der Waals surface area contributed by atoms with Crippen LogP contribution in [0.1, 0.15) is 13.3 Å². The fourth-order valence-corrected chi connectivity index (χ4v) is 1.49. The van der Waals surface area contributed by atoms with Gasteiger partial charge in [-0.15, -0.1) is 0 Å². The van der Waals surface area contributed by atoms with E-state index in [1.165, 1.54) is 0 Å². The summed E-state index contributed by atoms with van der Waals surface area (Å²) in [5, 5.41) is 3.11. The molecule has 0 heterocycles. The summed E-state index contributed by atoms with van der Waals surface area (Å²) in [6.07, 6.45) is 9.24. The Kier molecular flexibility index (Phi) is 4.37. The summed E-state index contributed by atoms with van der Waals surface area (Å²) in [4.78, 5) is 0. The fraction of sp³-hybridized carbons (Fsp3) is 0.385. The molecule has 2 heteroatoms. The summed E-state index contributed by atoms with van der Waals surface area (Å²) in [7, 11) is 1.94. The van der Waals surface area contributed by atoms with Crippen LogP contribution in [0.4, 0.5) is 0 Å². The minimum absolute atomic E-state index is 0.443. The SMILES string of the molecule is C=C(CCNC)C1=C(N)C=CC(C)C=C1. The normalized spacial score (nSPS) is 20.5. The largest absolute Gasteiger partial charge is 0.398 e. The molecular weight excluding hydrogens is 184 g/mol. The van der Waals surface area contributed by atoms with Crippen LogP contribution < -0.4 is 11.1 Å². The Balaban J connectivity index is 2.79. The summed E-state index contributed by atoms with van der Waals surface area (Å²) < 4.78 is 0. The second-order valence-electron chi connectivity index (χ2n) is 3.90. The summed E-state index contributed by atoms with van der Waals surface area (Å²) in [6, 6.07) is 0. The van der Waals surface area contributed by atoms with Crippen molar-refractivity contribution in [3.63, 3.8) is 0 Å². The number of nitrogens with one attached hydrogen (secondary N) is 1. The molecule has 82 valence electrons. The molecule has 0 saturated heterocycles. The number of nitrogens with two attached hydrogens (primary N) is 1. The van der Waals surface area contributed by atoms with Crippen molar-refractivity contribution in [2.45, 2.75) is 13.3 Å². The molecular formula is C13H20N2. The zero-order valence-corrected chi connectivity index (χ0v) is 9.59. The smallest absolute Gasteiger partial charge is 0.0387 e. The van der Waals surface area contributed by atoms with E-state index in [1.54, 1.807) is 0 Å². The van der Waals surface area contributed by atoms with Crippen LogP contribution in [-0.2, 0) is 0 Å². The molecule has 0 bridgehead atoms. The van der Waals surface area contributed by atoms with Gasteiger partial charge in [0.1, 0.15) is 0 Å². The van der Waals surface area contributed by atoms with E-state index >= 15 is 0 Å². The zero-order valence-electron chi connectivity index (χ0n) is 9.59. The summed E-state index contributed by atoms with van der Waals surface area (Å²) >= 11 is 0. The lowest BCUT2D eigenvalue weighted by atomic mass is 10.0. The van der Waals surface area contributed by atoms with Gasteiger partial charge in [-0.05, 0) is 43.2 Å². The third kappa shape index (κ3) is 3.40. The third-order valence-electron chi connectivity index (χ3n) is 2.51. The first-order valence-electron chi connectivity index (χ1n) is 5.34. The maximum absolute atomic E-state index is 5.97. The molecule has 15 heavy (non-hydrogen) atoms. The van der Waals surface area contributed by atoms with Crippen molar-refractivity contribution in [1.82, 2.24) is 5.32 Å². The molecule has 0 spiro atoms. The third-order valence-corrected chi connectivity index (χ3v) is 2.51. The number of allylic oxidation sites excluding steroid dienone is 5. The van der Waals surface area contributed by atoms with Crippen LogP contribution in [0.15, 0.2) is 47.7 Å². The Morgan fingerprint density at radius 2 is 2.13 bits per heavy atom. The summed E-state index contributed by atoms with van der Waals surface area (Å²) in [5.74, 6) is 0.443. The van der Waals surface area contributed by atoms with Gasteiger partial charge in [0.2, 0.25) is 0 Å². The highest BCUT2D eigenvalue weighted by Gasteiger charge is 2.06. The lowest BCUT2D eigenvalue weighted by molar-refractivity contribution is 0.791. The van der Waals surface area contributed by atoms with Gasteiger partial charge in [-0.1, -0.05) is 31.7 Å². The van der Waals surface area contributed by atoms with E-state index < -0.39 is 0 Å². The van der Waals surface area contributed by atoms with E-state index in [-0.39, 0.29) is 0 Å². The first-order chi connectivity index (χ1) is 7.15. The van der Waals surface area contributed by atoms with E-state index in [0.29, 0.717) is 5.92 Å². The molecule has 0 amide bonds. The topological polar surface area (TPSA) is 38.0 Å². The monoisotopic (exact) mass is 204 g/mol. The average molecular weight is 204 g/mol. The van der Waals surface area contributed by atoms with Crippen molar-refractivity contribution in [3.05, 3.63) is 47.7 Å². The fourth-order valence-electron chi connectivity index (χ4n) is 1.49. The minimum atomic E-state index is 0.443. The van der Waals surface area contributed by atoms with Crippen LogP contribution in [0, 0.1) is 5.92 Å². The van der Waals surface area contributed by atoms with E-state index in [4.69, 9.17) is 5.73 Å².